The lowest BCUT2D eigenvalue weighted by atomic mass is 10.4. The number of hydrogen-bond acceptors (Lipinski definition) is 2. The maximum Gasteiger partial charge on any atom is 0.354 e. The van der Waals surface area contributed by atoms with Gasteiger partial charge in [0.2, 0.25) is 0 Å². The van der Waals surface area contributed by atoms with Crippen molar-refractivity contribution in [2.75, 3.05) is 7.11 Å². The van der Waals surface area contributed by atoms with Gasteiger partial charge in [-0.15, -0.1) is 12.3 Å². The second-order valence-electron chi connectivity index (χ2n) is 2.53. The first-order valence-corrected chi connectivity index (χ1v) is 3.96. The summed E-state index contributed by atoms with van der Waals surface area (Å²) in [6.07, 6.45) is 7.54. The fourth-order valence-corrected chi connectivity index (χ4v) is 1.08. The van der Waals surface area contributed by atoms with Gasteiger partial charge in [-0.1, -0.05) is 0 Å². The van der Waals surface area contributed by atoms with Gasteiger partial charge in [0.1, 0.15) is 5.69 Å². The molecule has 13 heavy (non-hydrogen) atoms. The average Bonchev–Trinajstić information content (AvgIpc) is 2.61. The molecule has 0 fully saturated rings. The standard InChI is InChI=1S/C10H11NO2/c1-3-4-7-11-8-5-6-9(11)10(12)13-2/h1,5-6,8H,4,7H2,2H3. The summed E-state index contributed by atoms with van der Waals surface area (Å²) < 4.78 is 6.39. The molecule has 68 valence electrons. The Morgan fingerprint density at radius 2 is 2.54 bits per heavy atom. The number of rotatable bonds is 3. The van der Waals surface area contributed by atoms with Crippen LogP contribution in [-0.4, -0.2) is 17.6 Å². The molecule has 0 aliphatic carbocycles. The molecule has 0 radical (unpaired) electrons. The summed E-state index contributed by atoms with van der Waals surface area (Å²) in [5.74, 6) is 2.19. The molecule has 0 atom stereocenters. The van der Waals surface area contributed by atoms with Gasteiger partial charge in [0.15, 0.2) is 0 Å². The second kappa shape index (κ2) is 4.36. The Bertz CT molecular complexity index is 333. The van der Waals surface area contributed by atoms with Crippen molar-refractivity contribution < 1.29 is 9.53 Å². The summed E-state index contributed by atoms with van der Waals surface area (Å²) in [5, 5.41) is 0. The third kappa shape index (κ3) is 2.12. The molecule has 1 aromatic rings. The highest BCUT2D eigenvalue weighted by molar-refractivity contribution is 5.87. The van der Waals surface area contributed by atoms with Crippen molar-refractivity contribution in [1.29, 1.82) is 0 Å². The maximum atomic E-state index is 11.2. The van der Waals surface area contributed by atoms with Crippen LogP contribution in [0.25, 0.3) is 0 Å². The number of aryl methyl sites for hydroxylation is 1. The fraction of sp³-hybridized carbons (Fsp3) is 0.300. The highest BCUT2D eigenvalue weighted by Gasteiger charge is 2.09. The van der Waals surface area contributed by atoms with Gasteiger partial charge in [0.25, 0.3) is 0 Å². The molecule has 0 unspecified atom stereocenters. The average molecular weight is 177 g/mol. The summed E-state index contributed by atoms with van der Waals surface area (Å²) in [4.78, 5) is 11.2. The summed E-state index contributed by atoms with van der Waals surface area (Å²) in [6, 6.07) is 3.51. The van der Waals surface area contributed by atoms with Crippen LogP contribution in [0.4, 0.5) is 0 Å². The minimum atomic E-state index is -0.331. The summed E-state index contributed by atoms with van der Waals surface area (Å²) >= 11 is 0. The van der Waals surface area contributed by atoms with Crippen molar-refractivity contribution in [2.45, 2.75) is 13.0 Å². The monoisotopic (exact) mass is 177 g/mol. The van der Waals surface area contributed by atoms with Crippen LogP contribution in [0.3, 0.4) is 0 Å². The highest BCUT2D eigenvalue weighted by atomic mass is 16.5. The number of hydrogen-bond donors (Lipinski definition) is 0. The molecule has 0 amide bonds. The van der Waals surface area contributed by atoms with Gasteiger partial charge in [-0.3, -0.25) is 0 Å². The Morgan fingerprint density at radius 3 is 3.15 bits per heavy atom. The Kier molecular flexibility index (Phi) is 3.15. The Morgan fingerprint density at radius 1 is 1.77 bits per heavy atom. The third-order valence-electron chi connectivity index (χ3n) is 1.72. The van der Waals surface area contributed by atoms with Gasteiger partial charge >= 0.3 is 5.97 Å². The van der Waals surface area contributed by atoms with Crippen molar-refractivity contribution >= 4 is 5.97 Å². The molecule has 0 bridgehead atoms. The number of aromatic nitrogens is 1. The number of ether oxygens (including phenoxy) is 1. The first-order chi connectivity index (χ1) is 6.29. The number of esters is 1. The number of terminal acetylenes is 1. The predicted molar refractivity (Wildman–Crippen MR) is 49.2 cm³/mol. The molecule has 0 N–H and O–H groups in total. The quantitative estimate of drug-likeness (QED) is 0.514. The maximum absolute atomic E-state index is 11.2. The molecule has 0 aliphatic heterocycles. The number of carbonyl (C=O) groups excluding carboxylic acids is 1. The topological polar surface area (TPSA) is 31.2 Å². The van der Waals surface area contributed by atoms with Crippen LogP contribution in [0.1, 0.15) is 16.9 Å². The normalized spacial score (nSPS) is 9.23. The van der Waals surface area contributed by atoms with Crippen molar-refractivity contribution in [3.8, 4) is 12.3 Å². The van der Waals surface area contributed by atoms with Crippen LogP contribution >= 0.6 is 0 Å². The SMILES string of the molecule is C#CCCn1cccc1C(=O)OC. The van der Waals surface area contributed by atoms with E-state index in [0.717, 1.165) is 0 Å². The first kappa shape index (κ1) is 9.40. The van der Waals surface area contributed by atoms with Gasteiger partial charge in [0.05, 0.1) is 7.11 Å². The largest absolute Gasteiger partial charge is 0.464 e. The lowest BCUT2D eigenvalue weighted by molar-refractivity contribution is 0.0588. The molecule has 1 rings (SSSR count). The zero-order valence-corrected chi connectivity index (χ0v) is 7.49. The van der Waals surface area contributed by atoms with E-state index in [1.807, 2.05) is 6.20 Å². The van der Waals surface area contributed by atoms with Crippen LogP contribution in [-0.2, 0) is 11.3 Å². The molecule has 0 spiro atoms. The van der Waals surface area contributed by atoms with E-state index >= 15 is 0 Å². The molecule has 3 heteroatoms. The van der Waals surface area contributed by atoms with E-state index in [1.54, 1.807) is 16.7 Å². The molecule has 0 aromatic carbocycles. The molecular formula is C10H11NO2. The van der Waals surface area contributed by atoms with Gasteiger partial charge in [0, 0.05) is 19.2 Å². The lowest BCUT2D eigenvalue weighted by Crippen LogP contribution is -2.09. The summed E-state index contributed by atoms with van der Waals surface area (Å²) in [7, 11) is 1.36. The fourth-order valence-electron chi connectivity index (χ4n) is 1.08. The van der Waals surface area contributed by atoms with Gasteiger partial charge < -0.3 is 9.30 Å². The van der Waals surface area contributed by atoms with Crippen molar-refractivity contribution in [3.05, 3.63) is 24.0 Å². The third-order valence-corrected chi connectivity index (χ3v) is 1.72. The zero-order chi connectivity index (χ0) is 9.68. The number of nitrogens with zero attached hydrogens (tertiary/aromatic N) is 1. The van der Waals surface area contributed by atoms with Crippen LogP contribution in [0.2, 0.25) is 0 Å². The Hall–Kier alpha value is -1.69. The Balaban J connectivity index is 2.78. The molecule has 0 saturated carbocycles. The zero-order valence-electron chi connectivity index (χ0n) is 7.49. The van der Waals surface area contributed by atoms with Crippen LogP contribution in [0, 0.1) is 12.3 Å². The van der Waals surface area contributed by atoms with Crippen LogP contribution in [0.15, 0.2) is 18.3 Å². The van der Waals surface area contributed by atoms with Gasteiger partial charge in [-0.25, -0.2) is 4.79 Å². The summed E-state index contributed by atoms with van der Waals surface area (Å²) in [5.41, 5.74) is 0.540. The number of carbonyl (C=O) groups is 1. The van der Waals surface area contributed by atoms with E-state index < -0.39 is 0 Å². The highest BCUT2D eigenvalue weighted by Crippen LogP contribution is 2.04. The van der Waals surface area contributed by atoms with E-state index in [1.165, 1.54) is 7.11 Å². The lowest BCUT2D eigenvalue weighted by Gasteiger charge is -2.04. The molecule has 0 saturated heterocycles. The van der Waals surface area contributed by atoms with E-state index in [2.05, 4.69) is 10.7 Å². The van der Waals surface area contributed by atoms with Crippen LogP contribution in [0.5, 0.6) is 0 Å². The van der Waals surface area contributed by atoms with E-state index in [0.29, 0.717) is 18.7 Å². The molecule has 1 heterocycles. The van der Waals surface area contributed by atoms with Gasteiger partial charge in [-0.05, 0) is 12.1 Å². The van der Waals surface area contributed by atoms with E-state index in [-0.39, 0.29) is 5.97 Å². The minimum absolute atomic E-state index is 0.331. The molecule has 1 aromatic heterocycles. The molecular weight excluding hydrogens is 166 g/mol. The number of methoxy groups -OCH3 is 1. The van der Waals surface area contributed by atoms with E-state index in [9.17, 15) is 4.79 Å². The minimum Gasteiger partial charge on any atom is -0.464 e. The summed E-state index contributed by atoms with van der Waals surface area (Å²) in [6.45, 7) is 0.647. The smallest absolute Gasteiger partial charge is 0.354 e. The van der Waals surface area contributed by atoms with Gasteiger partial charge in [-0.2, -0.15) is 0 Å². The van der Waals surface area contributed by atoms with Crippen molar-refractivity contribution in [3.63, 3.8) is 0 Å². The first-order valence-electron chi connectivity index (χ1n) is 3.96. The van der Waals surface area contributed by atoms with E-state index in [4.69, 9.17) is 6.42 Å². The van der Waals surface area contributed by atoms with Crippen LogP contribution < -0.4 is 0 Å². The Labute approximate surface area is 77.3 Å². The van der Waals surface area contributed by atoms with Crippen molar-refractivity contribution in [1.82, 2.24) is 4.57 Å². The predicted octanol–water partition coefficient (Wildman–Crippen LogP) is 1.30. The molecule has 0 aliphatic rings. The second-order valence-corrected chi connectivity index (χ2v) is 2.53. The molecule has 3 nitrogen and oxygen atoms in total. The van der Waals surface area contributed by atoms with Crippen molar-refractivity contribution in [2.24, 2.45) is 0 Å².